The van der Waals surface area contributed by atoms with Crippen LogP contribution in [0.5, 0.6) is 0 Å². The van der Waals surface area contributed by atoms with Crippen molar-refractivity contribution >= 4 is 5.91 Å². The highest BCUT2D eigenvalue weighted by molar-refractivity contribution is 5.82. The second kappa shape index (κ2) is 6.08. The summed E-state index contributed by atoms with van der Waals surface area (Å²) in [5.74, 6) is 0.528. The molecule has 1 fully saturated rings. The zero-order valence-electron chi connectivity index (χ0n) is 9.62. The summed E-state index contributed by atoms with van der Waals surface area (Å²) >= 11 is 0. The van der Waals surface area contributed by atoms with Crippen LogP contribution in [0, 0.1) is 5.92 Å². The average molecular weight is 214 g/mol. The smallest absolute Gasteiger partial charge is 0.237 e. The Balaban J connectivity index is 2.28. The Morgan fingerprint density at radius 1 is 1.67 bits per heavy atom. The van der Waals surface area contributed by atoms with Crippen LogP contribution in [0.3, 0.4) is 0 Å². The van der Waals surface area contributed by atoms with Crippen molar-refractivity contribution in [2.45, 2.75) is 45.2 Å². The summed E-state index contributed by atoms with van der Waals surface area (Å²) in [6, 6.07) is 0.126. The summed E-state index contributed by atoms with van der Waals surface area (Å²) in [6.45, 7) is 5.21. The van der Waals surface area contributed by atoms with Crippen LogP contribution in [0.4, 0.5) is 0 Å². The quantitative estimate of drug-likeness (QED) is 0.615. The van der Waals surface area contributed by atoms with Gasteiger partial charge in [-0.2, -0.15) is 0 Å². The Labute approximate surface area is 91.4 Å². The lowest BCUT2D eigenvalue weighted by Gasteiger charge is -2.19. The third-order valence-electron chi connectivity index (χ3n) is 3.00. The molecule has 1 rings (SSSR count). The molecule has 3 N–H and O–H groups in total. The lowest BCUT2D eigenvalue weighted by molar-refractivity contribution is -0.124. The molecule has 88 valence electrons. The molecule has 0 aromatic carbocycles. The fourth-order valence-corrected chi connectivity index (χ4v) is 1.99. The highest BCUT2D eigenvalue weighted by atomic mass is 16.3. The Kier molecular flexibility index (Phi) is 5.05. The summed E-state index contributed by atoms with van der Waals surface area (Å²) in [4.78, 5) is 11.8. The second-order valence-electron chi connectivity index (χ2n) is 4.47. The van der Waals surface area contributed by atoms with Crippen molar-refractivity contribution in [3.63, 3.8) is 0 Å². The van der Waals surface area contributed by atoms with Gasteiger partial charge in [0, 0.05) is 12.6 Å². The molecule has 4 nitrogen and oxygen atoms in total. The van der Waals surface area contributed by atoms with Crippen molar-refractivity contribution in [1.29, 1.82) is 0 Å². The van der Waals surface area contributed by atoms with Gasteiger partial charge in [0.05, 0.1) is 6.04 Å². The highest BCUT2D eigenvalue weighted by Crippen LogP contribution is 2.14. The number of hydrogen-bond donors (Lipinski definition) is 3. The van der Waals surface area contributed by atoms with E-state index in [1.807, 2.05) is 6.92 Å². The molecule has 1 aliphatic rings. The van der Waals surface area contributed by atoms with Crippen molar-refractivity contribution in [1.82, 2.24) is 10.6 Å². The second-order valence-corrected chi connectivity index (χ2v) is 4.47. The first kappa shape index (κ1) is 12.5. The monoisotopic (exact) mass is 214 g/mol. The van der Waals surface area contributed by atoms with Crippen LogP contribution in [0.1, 0.15) is 33.1 Å². The predicted molar refractivity (Wildman–Crippen MR) is 59.5 cm³/mol. The van der Waals surface area contributed by atoms with Gasteiger partial charge < -0.3 is 15.7 Å². The molecule has 4 heteroatoms. The van der Waals surface area contributed by atoms with E-state index in [-0.39, 0.29) is 24.6 Å². The van der Waals surface area contributed by atoms with Gasteiger partial charge in [0.2, 0.25) is 5.91 Å². The molecule has 0 radical (unpaired) electrons. The maximum Gasteiger partial charge on any atom is 0.237 e. The topological polar surface area (TPSA) is 61.4 Å². The van der Waals surface area contributed by atoms with Gasteiger partial charge in [0.1, 0.15) is 0 Å². The van der Waals surface area contributed by atoms with Gasteiger partial charge in [-0.15, -0.1) is 0 Å². The average Bonchev–Trinajstić information content (AvgIpc) is 2.61. The summed E-state index contributed by atoms with van der Waals surface area (Å²) in [7, 11) is 0. The molecule has 1 amide bonds. The molecule has 1 heterocycles. The fraction of sp³-hybridized carbons (Fsp3) is 0.909. The molecule has 1 aliphatic heterocycles. The van der Waals surface area contributed by atoms with Crippen molar-refractivity contribution in [2.75, 3.05) is 13.2 Å². The zero-order valence-corrected chi connectivity index (χ0v) is 9.62. The van der Waals surface area contributed by atoms with E-state index < -0.39 is 0 Å². The molecular weight excluding hydrogens is 192 g/mol. The van der Waals surface area contributed by atoms with Gasteiger partial charge in [-0.25, -0.2) is 0 Å². The summed E-state index contributed by atoms with van der Waals surface area (Å²) < 4.78 is 0. The number of carbonyl (C=O) groups excluding carboxylic acids is 1. The highest BCUT2D eigenvalue weighted by Gasteiger charge is 2.29. The van der Waals surface area contributed by atoms with Gasteiger partial charge >= 0.3 is 0 Å². The molecule has 0 bridgehead atoms. The summed E-state index contributed by atoms with van der Waals surface area (Å²) in [5, 5.41) is 14.9. The van der Waals surface area contributed by atoms with Crippen molar-refractivity contribution in [2.24, 2.45) is 5.92 Å². The summed E-state index contributed by atoms with van der Waals surface area (Å²) in [6.07, 6.45) is 2.65. The molecule has 0 saturated carbocycles. The van der Waals surface area contributed by atoms with E-state index in [1.54, 1.807) is 0 Å². The van der Waals surface area contributed by atoms with E-state index in [1.165, 1.54) is 0 Å². The van der Waals surface area contributed by atoms with Crippen LogP contribution in [-0.4, -0.2) is 36.2 Å². The lowest BCUT2D eigenvalue weighted by atomic mass is 10.0. The van der Waals surface area contributed by atoms with E-state index in [9.17, 15) is 4.79 Å². The Morgan fingerprint density at radius 3 is 2.93 bits per heavy atom. The number of amides is 1. The molecule has 3 unspecified atom stereocenters. The molecular formula is C11H22N2O2. The number of hydrogen-bond acceptors (Lipinski definition) is 3. The van der Waals surface area contributed by atoms with Gasteiger partial charge in [-0.1, -0.05) is 6.92 Å². The minimum atomic E-state index is -0.0263. The van der Waals surface area contributed by atoms with Gasteiger partial charge in [-0.3, -0.25) is 4.79 Å². The largest absolute Gasteiger partial charge is 0.396 e. The molecule has 0 aromatic heterocycles. The molecule has 15 heavy (non-hydrogen) atoms. The maximum absolute atomic E-state index is 11.8. The zero-order chi connectivity index (χ0) is 11.3. The Hall–Kier alpha value is -0.610. The number of aliphatic hydroxyl groups is 1. The minimum absolute atomic E-state index is 0.0263. The SMILES string of the molecule is CC(CCCO)NC(=O)C1NCCC1C. The number of nitrogens with one attached hydrogen (secondary N) is 2. The van der Waals surface area contributed by atoms with Crippen LogP contribution >= 0.6 is 0 Å². The van der Waals surface area contributed by atoms with Crippen LogP contribution < -0.4 is 10.6 Å². The fourth-order valence-electron chi connectivity index (χ4n) is 1.99. The van der Waals surface area contributed by atoms with Crippen molar-refractivity contribution < 1.29 is 9.90 Å². The lowest BCUT2D eigenvalue weighted by Crippen LogP contribution is -2.46. The third-order valence-corrected chi connectivity index (χ3v) is 3.00. The predicted octanol–water partition coefficient (Wildman–Crippen LogP) is 0.262. The molecule has 0 aliphatic carbocycles. The van der Waals surface area contributed by atoms with Crippen molar-refractivity contribution in [3.05, 3.63) is 0 Å². The first-order valence-electron chi connectivity index (χ1n) is 5.79. The first-order valence-corrected chi connectivity index (χ1v) is 5.79. The summed E-state index contributed by atoms with van der Waals surface area (Å²) in [5.41, 5.74) is 0. The minimum Gasteiger partial charge on any atom is -0.396 e. The van der Waals surface area contributed by atoms with Crippen LogP contribution in [0.25, 0.3) is 0 Å². The van der Waals surface area contributed by atoms with E-state index >= 15 is 0 Å². The first-order chi connectivity index (χ1) is 7.15. The number of carbonyl (C=O) groups is 1. The molecule has 1 saturated heterocycles. The van der Waals surface area contributed by atoms with Crippen LogP contribution in [-0.2, 0) is 4.79 Å². The molecule has 3 atom stereocenters. The van der Waals surface area contributed by atoms with E-state index in [2.05, 4.69) is 17.6 Å². The third kappa shape index (κ3) is 3.80. The number of rotatable bonds is 5. The van der Waals surface area contributed by atoms with Crippen molar-refractivity contribution in [3.8, 4) is 0 Å². The maximum atomic E-state index is 11.8. The Morgan fingerprint density at radius 2 is 2.40 bits per heavy atom. The van der Waals surface area contributed by atoms with E-state index in [4.69, 9.17) is 5.11 Å². The Bertz CT molecular complexity index is 209. The van der Waals surface area contributed by atoms with E-state index in [0.717, 1.165) is 25.8 Å². The van der Waals surface area contributed by atoms with Gasteiger partial charge in [-0.05, 0) is 38.6 Å². The molecule has 0 spiro atoms. The van der Waals surface area contributed by atoms with Gasteiger partial charge in [0.25, 0.3) is 0 Å². The molecule has 0 aromatic rings. The number of aliphatic hydroxyl groups excluding tert-OH is 1. The van der Waals surface area contributed by atoms with Gasteiger partial charge in [0.15, 0.2) is 0 Å². The standard InChI is InChI=1S/C11H22N2O2/c1-8-5-6-12-10(8)11(15)13-9(2)4-3-7-14/h8-10,12,14H,3-7H2,1-2H3,(H,13,15). The van der Waals surface area contributed by atoms with Crippen LogP contribution in [0.15, 0.2) is 0 Å². The van der Waals surface area contributed by atoms with Crippen LogP contribution in [0.2, 0.25) is 0 Å². The normalized spacial score (nSPS) is 27.7. The van der Waals surface area contributed by atoms with E-state index in [0.29, 0.717) is 5.92 Å².